The van der Waals surface area contributed by atoms with Crippen LogP contribution in [0.5, 0.6) is 0 Å². The molecule has 4 heteroatoms. The molecule has 1 aliphatic rings. The van der Waals surface area contributed by atoms with Gasteiger partial charge in [0.1, 0.15) is 0 Å². The van der Waals surface area contributed by atoms with Crippen molar-refractivity contribution in [2.24, 2.45) is 5.92 Å². The van der Waals surface area contributed by atoms with Crippen molar-refractivity contribution in [3.8, 4) is 0 Å². The summed E-state index contributed by atoms with van der Waals surface area (Å²) in [4.78, 5) is 1.19. The van der Waals surface area contributed by atoms with Gasteiger partial charge in [-0.25, -0.2) is 0 Å². The number of benzene rings is 1. The van der Waals surface area contributed by atoms with Crippen molar-refractivity contribution in [3.63, 3.8) is 0 Å². The first-order valence-corrected chi connectivity index (χ1v) is 7.68. The highest BCUT2D eigenvalue weighted by Gasteiger charge is 2.22. The van der Waals surface area contributed by atoms with E-state index < -0.39 is 0 Å². The van der Waals surface area contributed by atoms with Crippen LogP contribution in [0.1, 0.15) is 12.8 Å². The number of hydrogen-bond acceptors (Lipinski definition) is 3. The first kappa shape index (κ1) is 13.4. The number of aliphatic hydroxyl groups excluding tert-OH is 1. The highest BCUT2D eigenvalue weighted by atomic mass is 79.9. The summed E-state index contributed by atoms with van der Waals surface area (Å²) >= 11 is 5.23. The Kier molecular flexibility index (Phi) is 5.35. The van der Waals surface area contributed by atoms with Gasteiger partial charge in [-0.3, -0.25) is 0 Å². The second-order valence-electron chi connectivity index (χ2n) is 4.26. The quantitative estimate of drug-likeness (QED) is 0.864. The molecule has 0 amide bonds. The second kappa shape index (κ2) is 6.78. The molecule has 0 aromatic heterocycles. The number of hydrogen-bond donors (Lipinski definition) is 1. The van der Waals surface area contributed by atoms with Crippen LogP contribution in [0, 0.1) is 5.92 Å². The fraction of sp³-hybridized carbons (Fsp3) is 0.538. The lowest BCUT2D eigenvalue weighted by Crippen LogP contribution is -2.28. The maximum atomic E-state index is 10.1. The molecule has 1 unspecified atom stereocenters. The van der Waals surface area contributed by atoms with Crippen molar-refractivity contribution in [3.05, 3.63) is 28.7 Å². The highest BCUT2D eigenvalue weighted by Crippen LogP contribution is 2.30. The summed E-state index contributed by atoms with van der Waals surface area (Å²) in [6.07, 6.45) is 1.74. The average molecular weight is 317 g/mol. The summed E-state index contributed by atoms with van der Waals surface area (Å²) in [7, 11) is 0. The first-order valence-electron chi connectivity index (χ1n) is 5.90. The summed E-state index contributed by atoms with van der Waals surface area (Å²) in [5.41, 5.74) is 0. The number of halogens is 1. The number of aliphatic hydroxyl groups is 1. The predicted octanol–water partition coefficient (Wildman–Crippen LogP) is 3.33. The molecule has 2 nitrogen and oxygen atoms in total. The van der Waals surface area contributed by atoms with Crippen molar-refractivity contribution in [1.82, 2.24) is 0 Å². The zero-order chi connectivity index (χ0) is 12.1. The van der Waals surface area contributed by atoms with Gasteiger partial charge in [-0.2, -0.15) is 0 Å². The maximum Gasteiger partial charge on any atom is 0.0663 e. The monoisotopic (exact) mass is 316 g/mol. The summed E-state index contributed by atoms with van der Waals surface area (Å²) < 4.78 is 6.41. The van der Waals surface area contributed by atoms with Crippen LogP contribution in [-0.2, 0) is 4.74 Å². The summed E-state index contributed by atoms with van der Waals surface area (Å²) in [5.74, 6) is 1.16. The molecule has 1 aliphatic heterocycles. The molecule has 1 aromatic carbocycles. The molecule has 1 fully saturated rings. The van der Waals surface area contributed by atoms with Gasteiger partial charge in [0.25, 0.3) is 0 Å². The Morgan fingerprint density at radius 2 is 2.06 bits per heavy atom. The van der Waals surface area contributed by atoms with Crippen molar-refractivity contribution in [1.29, 1.82) is 0 Å². The van der Waals surface area contributed by atoms with E-state index in [4.69, 9.17) is 4.74 Å². The van der Waals surface area contributed by atoms with Gasteiger partial charge in [-0.15, -0.1) is 11.8 Å². The minimum atomic E-state index is -0.226. The van der Waals surface area contributed by atoms with Crippen LogP contribution < -0.4 is 0 Å². The molecule has 1 atom stereocenters. The zero-order valence-corrected chi connectivity index (χ0v) is 12.0. The smallest absolute Gasteiger partial charge is 0.0663 e. The van der Waals surface area contributed by atoms with Crippen LogP contribution in [0.25, 0.3) is 0 Å². The Hall–Kier alpha value is -0.0300. The van der Waals surface area contributed by atoms with E-state index >= 15 is 0 Å². The lowest BCUT2D eigenvalue weighted by molar-refractivity contribution is 0.0169. The van der Waals surface area contributed by atoms with E-state index in [0.29, 0.717) is 5.92 Å². The van der Waals surface area contributed by atoms with E-state index in [2.05, 4.69) is 22.0 Å². The Labute approximate surface area is 115 Å². The molecule has 94 valence electrons. The lowest BCUT2D eigenvalue weighted by Gasteiger charge is -2.26. The van der Waals surface area contributed by atoms with Crippen LogP contribution in [0.4, 0.5) is 0 Å². The molecule has 0 bridgehead atoms. The molecule has 17 heavy (non-hydrogen) atoms. The predicted molar refractivity (Wildman–Crippen MR) is 74.4 cm³/mol. The van der Waals surface area contributed by atoms with Crippen LogP contribution >= 0.6 is 27.7 Å². The van der Waals surface area contributed by atoms with Gasteiger partial charge in [0.2, 0.25) is 0 Å². The van der Waals surface area contributed by atoms with Gasteiger partial charge < -0.3 is 9.84 Å². The maximum absolute atomic E-state index is 10.1. The van der Waals surface area contributed by atoms with Gasteiger partial charge in [-0.05, 0) is 46.8 Å². The first-order chi connectivity index (χ1) is 8.27. The SMILES string of the molecule is OC(CSc1ccccc1Br)C1CCOCC1. The molecule has 0 radical (unpaired) electrons. The van der Waals surface area contributed by atoms with Crippen LogP contribution in [0.15, 0.2) is 33.6 Å². The van der Waals surface area contributed by atoms with Crippen molar-refractivity contribution in [2.75, 3.05) is 19.0 Å². The molecular weight excluding hydrogens is 300 g/mol. The van der Waals surface area contributed by atoms with E-state index in [-0.39, 0.29) is 6.10 Å². The van der Waals surface area contributed by atoms with Gasteiger partial charge in [-0.1, -0.05) is 12.1 Å². The Morgan fingerprint density at radius 3 is 2.76 bits per heavy atom. The third-order valence-corrected chi connectivity index (χ3v) is 5.19. The molecule has 0 saturated carbocycles. The largest absolute Gasteiger partial charge is 0.392 e. The van der Waals surface area contributed by atoms with Crippen molar-refractivity contribution >= 4 is 27.7 Å². The van der Waals surface area contributed by atoms with Gasteiger partial charge in [0.15, 0.2) is 0 Å². The molecule has 0 spiro atoms. The van der Waals surface area contributed by atoms with E-state index in [1.165, 1.54) is 4.90 Å². The zero-order valence-electron chi connectivity index (χ0n) is 9.64. The number of ether oxygens (including phenoxy) is 1. The van der Waals surface area contributed by atoms with Gasteiger partial charge in [0.05, 0.1) is 6.10 Å². The Balaban J connectivity index is 1.83. The van der Waals surface area contributed by atoms with Crippen LogP contribution in [0.3, 0.4) is 0 Å². The fourth-order valence-corrected chi connectivity index (χ4v) is 3.60. The van der Waals surface area contributed by atoms with E-state index in [1.54, 1.807) is 11.8 Å². The number of rotatable bonds is 4. The van der Waals surface area contributed by atoms with E-state index in [9.17, 15) is 5.11 Å². The third-order valence-electron chi connectivity index (χ3n) is 3.06. The van der Waals surface area contributed by atoms with Crippen LogP contribution in [-0.4, -0.2) is 30.2 Å². The molecule has 1 saturated heterocycles. The molecule has 2 rings (SSSR count). The topological polar surface area (TPSA) is 29.5 Å². The standard InChI is InChI=1S/C13H17BrO2S/c14-11-3-1-2-4-13(11)17-9-12(15)10-5-7-16-8-6-10/h1-4,10,12,15H,5-9H2. The molecule has 0 aliphatic carbocycles. The Bertz CT molecular complexity index is 353. The minimum Gasteiger partial charge on any atom is -0.392 e. The average Bonchev–Trinajstić information content (AvgIpc) is 2.38. The normalized spacial score (nSPS) is 19.2. The van der Waals surface area contributed by atoms with Gasteiger partial charge >= 0.3 is 0 Å². The van der Waals surface area contributed by atoms with Crippen molar-refractivity contribution in [2.45, 2.75) is 23.8 Å². The molecule has 1 heterocycles. The summed E-state index contributed by atoms with van der Waals surface area (Å²) in [5, 5.41) is 10.1. The minimum absolute atomic E-state index is 0.226. The third kappa shape index (κ3) is 3.98. The van der Waals surface area contributed by atoms with E-state index in [0.717, 1.165) is 36.3 Å². The second-order valence-corrected chi connectivity index (χ2v) is 6.17. The van der Waals surface area contributed by atoms with E-state index in [1.807, 2.05) is 18.2 Å². The summed E-state index contributed by atoms with van der Waals surface area (Å²) in [6, 6.07) is 8.13. The lowest BCUT2D eigenvalue weighted by atomic mass is 9.95. The molecule has 1 aromatic rings. The molecular formula is C13H17BrO2S. The van der Waals surface area contributed by atoms with Crippen molar-refractivity contribution < 1.29 is 9.84 Å². The number of thioether (sulfide) groups is 1. The van der Waals surface area contributed by atoms with Gasteiger partial charge in [0, 0.05) is 28.3 Å². The van der Waals surface area contributed by atoms with Crippen LogP contribution in [0.2, 0.25) is 0 Å². The highest BCUT2D eigenvalue weighted by molar-refractivity contribution is 9.10. The Morgan fingerprint density at radius 1 is 1.35 bits per heavy atom. The fourth-order valence-electron chi connectivity index (χ4n) is 1.97. The molecule has 1 N–H and O–H groups in total. The summed E-state index contributed by atoms with van der Waals surface area (Å²) in [6.45, 7) is 1.59.